The van der Waals surface area contributed by atoms with E-state index in [0.717, 1.165) is 12.3 Å². The van der Waals surface area contributed by atoms with E-state index < -0.39 is 0 Å². The minimum Gasteiger partial charge on any atom is -0.497 e. The van der Waals surface area contributed by atoms with Crippen molar-refractivity contribution in [2.45, 2.75) is 29.7 Å². The quantitative estimate of drug-likeness (QED) is 0.844. The van der Waals surface area contributed by atoms with Crippen molar-refractivity contribution in [3.63, 3.8) is 0 Å². The van der Waals surface area contributed by atoms with Crippen LogP contribution in [0, 0.1) is 0 Å². The Hall–Kier alpha value is -1.45. The molecule has 3 heteroatoms. The van der Waals surface area contributed by atoms with Crippen LogP contribution in [0.15, 0.2) is 58.3 Å². The SMILES string of the molecule is CCNC(C)c1ccccc1Sc1ccc(OC)cc1. The van der Waals surface area contributed by atoms with E-state index in [4.69, 9.17) is 4.74 Å². The van der Waals surface area contributed by atoms with Gasteiger partial charge in [0, 0.05) is 15.8 Å². The van der Waals surface area contributed by atoms with Crippen molar-refractivity contribution in [2.75, 3.05) is 13.7 Å². The summed E-state index contributed by atoms with van der Waals surface area (Å²) in [7, 11) is 1.69. The van der Waals surface area contributed by atoms with E-state index in [1.165, 1.54) is 15.4 Å². The van der Waals surface area contributed by atoms with Gasteiger partial charge in [0.1, 0.15) is 5.75 Å². The third kappa shape index (κ3) is 3.78. The fourth-order valence-electron chi connectivity index (χ4n) is 2.12. The summed E-state index contributed by atoms with van der Waals surface area (Å²) >= 11 is 1.79. The second-order valence-electron chi connectivity index (χ2n) is 4.59. The molecule has 0 aliphatic heterocycles. The average molecular weight is 287 g/mol. The van der Waals surface area contributed by atoms with Crippen molar-refractivity contribution in [1.29, 1.82) is 0 Å². The fraction of sp³-hybridized carbons (Fsp3) is 0.294. The van der Waals surface area contributed by atoms with Gasteiger partial charge in [0.2, 0.25) is 0 Å². The third-order valence-electron chi connectivity index (χ3n) is 3.18. The Bertz CT molecular complexity index is 539. The number of benzene rings is 2. The first-order chi connectivity index (χ1) is 9.74. The first-order valence-electron chi connectivity index (χ1n) is 6.88. The molecule has 0 heterocycles. The smallest absolute Gasteiger partial charge is 0.118 e. The molecule has 0 amide bonds. The zero-order valence-electron chi connectivity index (χ0n) is 12.2. The van der Waals surface area contributed by atoms with Gasteiger partial charge in [-0.25, -0.2) is 0 Å². The number of ether oxygens (including phenoxy) is 1. The molecule has 0 aliphatic rings. The first-order valence-corrected chi connectivity index (χ1v) is 7.70. The van der Waals surface area contributed by atoms with Crippen LogP contribution >= 0.6 is 11.8 Å². The third-order valence-corrected chi connectivity index (χ3v) is 4.28. The molecular weight excluding hydrogens is 266 g/mol. The van der Waals surface area contributed by atoms with E-state index in [2.05, 4.69) is 55.6 Å². The summed E-state index contributed by atoms with van der Waals surface area (Å²) in [5.74, 6) is 0.892. The van der Waals surface area contributed by atoms with Gasteiger partial charge in [-0.1, -0.05) is 36.9 Å². The zero-order chi connectivity index (χ0) is 14.4. The van der Waals surface area contributed by atoms with E-state index in [9.17, 15) is 0 Å². The molecule has 2 rings (SSSR count). The van der Waals surface area contributed by atoms with Crippen LogP contribution in [0.1, 0.15) is 25.5 Å². The molecule has 106 valence electrons. The summed E-state index contributed by atoms with van der Waals surface area (Å²) in [5.41, 5.74) is 1.34. The highest BCUT2D eigenvalue weighted by Crippen LogP contribution is 2.33. The van der Waals surface area contributed by atoms with Crippen molar-refractivity contribution in [3.8, 4) is 5.75 Å². The second-order valence-corrected chi connectivity index (χ2v) is 5.71. The second kappa shape index (κ2) is 7.36. The molecule has 20 heavy (non-hydrogen) atoms. The topological polar surface area (TPSA) is 21.3 Å². The first kappa shape index (κ1) is 14.9. The predicted octanol–water partition coefficient (Wildman–Crippen LogP) is 4.52. The Morgan fingerprint density at radius 3 is 2.45 bits per heavy atom. The molecule has 0 aromatic heterocycles. The molecule has 0 radical (unpaired) electrons. The minimum atomic E-state index is 0.363. The van der Waals surface area contributed by atoms with Crippen LogP contribution < -0.4 is 10.1 Å². The van der Waals surface area contributed by atoms with E-state index in [1.54, 1.807) is 18.9 Å². The Kier molecular flexibility index (Phi) is 5.50. The van der Waals surface area contributed by atoms with Gasteiger partial charge in [0.25, 0.3) is 0 Å². The van der Waals surface area contributed by atoms with E-state index in [1.807, 2.05) is 12.1 Å². The van der Waals surface area contributed by atoms with Crippen LogP contribution in [0.4, 0.5) is 0 Å². The summed E-state index contributed by atoms with van der Waals surface area (Å²) in [4.78, 5) is 2.52. The summed E-state index contributed by atoms with van der Waals surface area (Å²) in [6.07, 6.45) is 0. The lowest BCUT2D eigenvalue weighted by atomic mass is 10.1. The maximum atomic E-state index is 5.19. The van der Waals surface area contributed by atoms with Crippen molar-refractivity contribution < 1.29 is 4.74 Å². The Labute approximate surface area is 125 Å². The zero-order valence-corrected chi connectivity index (χ0v) is 13.0. The highest BCUT2D eigenvalue weighted by atomic mass is 32.2. The monoisotopic (exact) mass is 287 g/mol. The van der Waals surface area contributed by atoms with Crippen LogP contribution in [0.3, 0.4) is 0 Å². The van der Waals surface area contributed by atoms with Crippen molar-refractivity contribution >= 4 is 11.8 Å². The number of methoxy groups -OCH3 is 1. The largest absolute Gasteiger partial charge is 0.497 e. The highest BCUT2D eigenvalue weighted by Gasteiger charge is 2.10. The predicted molar refractivity (Wildman–Crippen MR) is 85.7 cm³/mol. The molecule has 0 spiro atoms. The van der Waals surface area contributed by atoms with Crippen LogP contribution in [0.2, 0.25) is 0 Å². The van der Waals surface area contributed by atoms with Gasteiger partial charge in [-0.3, -0.25) is 0 Å². The number of hydrogen-bond donors (Lipinski definition) is 1. The Morgan fingerprint density at radius 1 is 1.10 bits per heavy atom. The standard InChI is InChI=1S/C17H21NOS/c1-4-18-13(2)16-7-5-6-8-17(16)20-15-11-9-14(19-3)10-12-15/h5-13,18H,4H2,1-3H3. The van der Waals surface area contributed by atoms with Crippen molar-refractivity contribution in [2.24, 2.45) is 0 Å². The van der Waals surface area contributed by atoms with Gasteiger partial charge < -0.3 is 10.1 Å². The lowest BCUT2D eigenvalue weighted by Gasteiger charge is -2.16. The van der Waals surface area contributed by atoms with Crippen molar-refractivity contribution in [3.05, 3.63) is 54.1 Å². The van der Waals surface area contributed by atoms with Crippen molar-refractivity contribution in [1.82, 2.24) is 5.32 Å². The molecule has 2 aromatic rings. The summed E-state index contributed by atoms with van der Waals surface area (Å²) in [5, 5.41) is 3.47. The summed E-state index contributed by atoms with van der Waals surface area (Å²) in [6.45, 7) is 5.31. The molecule has 0 aliphatic carbocycles. The lowest BCUT2D eigenvalue weighted by Crippen LogP contribution is -2.18. The molecule has 0 bridgehead atoms. The molecule has 2 aromatic carbocycles. The molecule has 0 fully saturated rings. The molecule has 1 unspecified atom stereocenters. The Morgan fingerprint density at radius 2 is 1.80 bits per heavy atom. The lowest BCUT2D eigenvalue weighted by molar-refractivity contribution is 0.414. The van der Waals surface area contributed by atoms with E-state index in [0.29, 0.717) is 6.04 Å². The van der Waals surface area contributed by atoms with Crippen LogP contribution in [-0.4, -0.2) is 13.7 Å². The maximum Gasteiger partial charge on any atom is 0.118 e. The van der Waals surface area contributed by atoms with Gasteiger partial charge in [-0.05, 0) is 49.4 Å². The molecule has 1 N–H and O–H groups in total. The van der Waals surface area contributed by atoms with Gasteiger partial charge in [-0.15, -0.1) is 0 Å². The van der Waals surface area contributed by atoms with E-state index >= 15 is 0 Å². The molecule has 1 atom stereocenters. The normalized spacial score (nSPS) is 12.2. The van der Waals surface area contributed by atoms with Gasteiger partial charge in [-0.2, -0.15) is 0 Å². The number of hydrogen-bond acceptors (Lipinski definition) is 3. The van der Waals surface area contributed by atoms with Gasteiger partial charge >= 0.3 is 0 Å². The number of rotatable bonds is 6. The molecule has 0 saturated heterocycles. The highest BCUT2D eigenvalue weighted by molar-refractivity contribution is 7.99. The molecule has 0 saturated carbocycles. The van der Waals surface area contributed by atoms with Crippen LogP contribution in [-0.2, 0) is 0 Å². The summed E-state index contributed by atoms with van der Waals surface area (Å²) < 4.78 is 5.19. The van der Waals surface area contributed by atoms with Crippen LogP contribution in [0.25, 0.3) is 0 Å². The van der Waals surface area contributed by atoms with Crippen LogP contribution in [0.5, 0.6) is 5.75 Å². The molecular formula is C17H21NOS. The fourth-order valence-corrected chi connectivity index (χ4v) is 3.15. The maximum absolute atomic E-state index is 5.19. The minimum absolute atomic E-state index is 0.363. The van der Waals surface area contributed by atoms with Gasteiger partial charge in [0.15, 0.2) is 0 Å². The number of nitrogens with one attached hydrogen (secondary N) is 1. The average Bonchev–Trinajstić information content (AvgIpc) is 2.49. The summed E-state index contributed by atoms with van der Waals surface area (Å²) in [6, 6.07) is 17.1. The van der Waals surface area contributed by atoms with Gasteiger partial charge in [0.05, 0.1) is 7.11 Å². The van der Waals surface area contributed by atoms with E-state index in [-0.39, 0.29) is 0 Å². The Balaban J connectivity index is 2.19. The molecule has 2 nitrogen and oxygen atoms in total.